The lowest BCUT2D eigenvalue weighted by Gasteiger charge is -2.49. The molecular weight excluding hydrogens is 467 g/mol. The van der Waals surface area contributed by atoms with Crippen LogP contribution in [0.4, 0.5) is 4.39 Å². The van der Waals surface area contributed by atoms with Gasteiger partial charge in [0.25, 0.3) is 0 Å². The average Bonchev–Trinajstić information content (AvgIpc) is 2.86. The van der Waals surface area contributed by atoms with Crippen LogP contribution in [0.3, 0.4) is 0 Å². The molecule has 200 valence electrons. The topological polar surface area (TPSA) is 75.8 Å². The van der Waals surface area contributed by atoms with Crippen LogP contribution in [0.15, 0.2) is 97.6 Å². The minimum atomic E-state index is -0.828. The number of hydrogen-bond acceptors (Lipinski definition) is 4. The Kier molecular flexibility index (Phi) is 11.3. The molecule has 0 aromatic heterocycles. The Morgan fingerprint density at radius 2 is 1.57 bits per heavy atom. The van der Waals surface area contributed by atoms with Crippen molar-refractivity contribution < 1.29 is 19.0 Å². The van der Waals surface area contributed by atoms with Gasteiger partial charge in [-0.15, -0.1) is 13.2 Å². The third-order valence-electron chi connectivity index (χ3n) is 7.14. The Morgan fingerprint density at radius 1 is 1.05 bits per heavy atom. The lowest BCUT2D eigenvalue weighted by atomic mass is 9.69. The van der Waals surface area contributed by atoms with E-state index in [1.807, 2.05) is 60.7 Å². The van der Waals surface area contributed by atoms with E-state index in [1.165, 1.54) is 0 Å². The lowest BCUT2D eigenvalue weighted by molar-refractivity contribution is -0.123. The number of carbonyl (C=O) groups excluding carboxylic acids is 1. The summed E-state index contributed by atoms with van der Waals surface area (Å²) in [7, 11) is 1.76. The van der Waals surface area contributed by atoms with Crippen LogP contribution >= 0.6 is 0 Å². The van der Waals surface area contributed by atoms with Crippen molar-refractivity contribution >= 4 is 5.91 Å². The smallest absolute Gasteiger partial charge is 0.232 e. The highest BCUT2D eigenvalue weighted by Gasteiger charge is 2.44. The first kappa shape index (κ1) is 30.0. The number of aliphatic hydroxyl groups is 1. The summed E-state index contributed by atoms with van der Waals surface area (Å²) in [6.07, 6.45) is 5.63. The van der Waals surface area contributed by atoms with Gasteiger partial charge in [-0.25, -0.2) is 4.39 Å². The molecule has 4 rings (SSSR count). The van der Waals surface area contributed by atoms with E-state index in [2.05, 4.69) is 31.9 Å². The van der Waals surface area contributed by atoms with Crippen LogP contribution in [0.2, 0.25) is 0 Å². The van der Waals surface area contributed by atoms with E-state index in [1.54, 1.807) is 13.2 Å². The molecule has 5 nitrogen and oxygen atoms in total. The summed E-state index contributed by atoms with van der Waals surface area (Å²) in [5.41, 5.74) is 7.11. The normalized spacial score (nSPS) is 16.1. The zero-order valence-corrected chi connectivity index (χ0v) is 22.3. The third kappa shape index (κ3) is 7.63. The minimum absolute atomic E-state index is 0.0285. The zero-order valence-electron chi connectivity index (χ0n) is 22.3. The number of benzene rings is 2. The summed E-state index contributed by atoms with van der Waals surface area (Å²) >= 11 is 0. The molecule has 0 bridgehead atoms. The molecule has 1 aliphatic carbocycles. The molecule has 1 saturated heterocycles. The first-order valence-electron chi connectivity index (χ1n) is 12.6. The van der Waals surface area contributed by atoms with Gasteiger partial charge in [0.05, 0.1) is 11.5 Å². The van der Waals surface area contributed by atoms with E-state index in [9.17, 15) is 9.18 Å². The number of hydrogen-bond donors (Lipinski definition) is 2. The number of halogens is 1. The van der Waals surface area contributed by atoms with Gasteiger partial charge in [0.2, 0.25) is 5.91 Å². The van der Waals surface area contributed by atoms with Gasteiger partial charge in [0, 0.05) is 38.2 Å². The van der Waals surface area contributed by atoms with Crippen LogP contribution in [0.1, 0.15) is 50.7 Å². The number of aliphatic hydroxyl groups excluding tert-OH is 1. The maximum absolute atomic E-state index is 12.9. The third-order valence-corrected chi connectivity index (χ3v) is 7.14. The summed E-state index contributed by atoms with van der Waals surface area (Å²) in [6.45, 7) is 12.3. The van der Waals surface area contributed by atoms with Crippen LogP contribution in [-0.4, -0.2) is 47.8 Å². The molecule has 0 radical (unpaired) electrons. The van der Waals surface area contributed by atoms with Gasteiger partial charge in [-0.1, -0.05) is 60.7 Å². The number of primary amides is 1. The highest BCUT2D eigenvalue weighted by Crippen LogP contribution is 2.40. The highest BCUT2D eigenvalue weighted by molar-refractivity contribution is 5.90. The van der Waals surface area contributed by atoms with Crippen molar-refractivity contribution in [3.63, 3.8) is 0 Å². The summed E-state index contributed by atoms with van der Waals surface area (Å²) in [4.78, 5) is 15.3. The quantitative estimate of drug-likeness (QED) is 0.415. The van der Waals surface area contributed by atoms with Gasteiger partial charge in [0.1, 0.15) is 11.6 Å². The van der Waals surface area contributed by atoms with E-state index in [-0.39, 0.29) is 23.0 Å². The number of carbonyl (C=O) groups is 1. The van der Waals surface area contributed by atoms with E-state index < -0.39 is 5.41 Å². The number of rotatable bonds is 8. The van der Waals surface area contributed by atoms with Gasteiger partial charge in [-0.3, -0.25) is 9.69 Å². The van der Waals surface area contributed by atoms with Crippen LogP contribution in [0.5, 0.6) is 0 Å². The molecule has 0 saturated carbocycles. The second kappa shape index (κ2) is 13.9. The highest BCUT2D eigenvalue weighted by atomic mass is 19.1. The second-order valence-electron chi connectivity index (χ2n) is 9.84. The van der Waals surface area contributed by atoms with Crippen LogP contribution < -0.4 is 5.73 Å². The van der Waals surface area contributed by atoms with Crippen molar-refractivity contribution in [1.82, 2.24) is 4.90 Å². The Hall–Kier alpha value is -3.22. The number of methoxy groups -OCH3 is 1. The first-order chi connectivity index (χ1) is 17.7. The molecule has 1 fully saturated rings. The molecule has 3 N–H and O–H groups in total. The molecule has 0 atom stereocenters. The summed E-state index contributed by atoms with van der Waals surface area (Å²) in [5.74, 6) is -0.479. The fraction of sp³-hybridized carbons (Fsp3) is 0.387. The predicted octanol–water partition coefficient (Wildman–Crippen LogP) is 6.23. The van der Waals surface area contributed by atoms with E-state index in [4.69, 9.17) is 15.6 Å². The van der Waals surface area contributed by atoms with Crippen molar-refractivity contribution in [2.24, 2.45) is 5.73 Å². The summed E-state index contributed by atoms with van der Waals surface area (Å²) in [5, 5.41) is 8.62. The monoisotopic (exact) mass is 508 g/mol. The lowest BCUT2D eigenvalue weighted by Crippen LogP contribution is -2.61. The van der Waals surface area contributed by atoms with E-state index in [0.717, 1.165) is 36.7 Å². The fourth-order valence-corrected chi connectivity index (χ4v) is 4.69. The number of ether oxygens (including phenoxy) is 1. The van der Waals surface area contributed by atoms with Crippen molar-refractivity contribution in [2.45, 2.75) is 56.6 Å². The van der Waals surface area contributed by atoms with Gasteiger partial charge in [-0.05, 0) is 50.3 Å². The first-order valence-corrected chi connectivity index (χ1v) is 12.6. The summed E-state index contributed by atoms with van der Waals surface area (Å²) in [6, 6.07) is 19.9. The van der Waals surface area contributed by atoms with Gasteiger partial charge < -0.3 is 15.6 Å². The van der Waals surface area contributed by atoms with E-state index >= 15 is 0 Å². The summed E-state index contributed by atoms with van der Waals surface area (Å²) < 4.78 is 17.5. The van der Waals surface area contributed by atoms with Crippen LogP contribution in [0.25, 0.3) is 0 Å². The van der Waals surface area contributed by atoms with Crippen molar-refractivity contribution in [3.05, 3.63) is 109 Å². The van der Waals surface area contributed by atoms with Crippen molar-refractivity contribution in [1.29, 1.82) is 0 Å². The van der Waals surface area contributed by atoms with Crippen molar-refractivity contribution in [2.75, 3.05) is 20.2 Å². The Balaban J connectivity index is 0.000000406. The van der Waals surface area contributed by atoms with Gasteiger partial charge in [-0.2, -0.15) is 0 Å². The zero-order chi connectivity index (χ0) is 27.5. The molecule has 2 aliphatic rings. The van der Waals surface area contributed by atoms with Crippen molar-refractivity contribution in [3.8, 4) is 0 Å². The Labute approximate surface area is 221 Å². The van der Waals surface area contributed by atoms with Gasteiger partial charge in [0.15, 0.2) is 0 Å². The number of nitrogens with two attached hydrogens (primary N) is 1. The van der Waals surface area contributed by atoms with E-state index in [0.29, 0.717) is 25.4 Å². The molecule has 6 heteroatoms. The molecule has 1 heterocycles. The fourth-order valence-electron chi connectivity index (χ4n) is 4.69. The SMILES string of the molecule is C=C.COC1CN(C(C)(C)CCC(C(N)=O)(c2ccccc2)c2ccccc2)C1.OC1=CCCC(F)=C1. The number of likely N-dealkylation sites (tertiary alicyclic amines) is 1. The Bertz CT molecular complexity index is 1010. The predicted molar refractivity (Wildman–Crippen MR) is 149 cm³/mol. The van der Waals surface area contributed by atoms with Crippen LogP contribution in [-0.2, 0) is 14.9 Å². The maximum Gasteiger partial charge on any atom is 0.232 e. The molecule has 1 amide bonds. The standard InChI is InChI=1S/C23H30N2O2.C6H7FO.C2H4/c1-22(2,25-16-20(17-25)27-3)14-15-23(21(24)26,18-10-6-4-7-11-18)19-12-8-5-9-13-19;7-5-2-1-3-6(8)4-5;1-2/h4-13,20H,14-17H2,1-3H3,(H2,24,26);3-4,8H,1-2H2;1-2H2. The molecule has 37 heavy (non-hydrogen) atoms. The number of allylic oxidation sites excluding steroid dienone is 3. The molecule has 2 aromatic rings. The Morgan fingerprint density at radius 3 is 1.95 bits per heavy atom. The molecule has 0 unspecified atom stereocenters. The maximum atomic E-state index is 12.9. The van der Waals surface area contributed by atoms with Gasteiger partial charge >= 0.3 is 0 Å². The number of amides is 1. The largest absolute Gasteiger partial charge is 0.508 e. The molecule has 2 aromatic carbocycles. The molecular formula is C31H41FN2O3. The molecule has 1 aliphatic heterocycles. The molecule has 0 spiro atoms. The second-order valence-corrected chi connectivity index (χ2v) is 9.84. The number of nitrogens with zero attached hydrogens (tertiary/aromatic N) is 1. The van der Waals surface area contributed by atoms with Crippen LogP contribution in [0, 0.1) is 0 Å². The average molecular weight is 509 g/mol. The minimum Gasteiger partial charge on any atom is -0.508 e.